The summed E-state index contributed by atoms with van der Waals surface area (Å²) in [5.74, 6) is 0. The molecule has 1 nitrogen and oxygen atoms in total. The molecule has 0 atom stereocenters. The molecule has 0 saturated carbocycles. The fourth-order valence-electron chi connectivity index (χ4n) is 2.33. The Balaban J connectivity index is 0. The van der Waals surface area contributed by atoms with Crippen LogP contribution in [0.5, 0.6) is 0 Å². The third-order valence-corrected chi connectivity index (χ3v) is 3.99. The van der Waals surface area contributed by atoms with Crippen LogP contribution in [0.4, 0.5) is 0 Å². The molecule has 0 fully saturated rings. The van der Waals surface area contributed by atoms with Gasteiger partial charge in [-0.2, -0.15) is 0 Å². The molecule has 0 spiro atoms. The van der Waals surface area contributed by atoms with Gasteiger partial charge in [0, 0.05) is 13.2 Å². The number of hydrogen-bond donors (Lipinski definition) is 0. The molecule has 0 aliphatic heterocycles. The first kappa shape index (κ1) is 24.2. The highest BCUT2D eigenvalue weighted by atomic mass is 16.5. The molecule has 0 aromatic carbocycles. The Morgan fingerprint density at radius 2 is 0.636 bits per heavy atom. The van der Waals surface area contributed by atoms with E-state index in [0.717, 1.165) is 13.2 Å². The van der Waals surface area contributed by atoms with Crippen molar-refractivity contribution in [2.24, 2.45) is 0 Å². The minimum absolute atomic E-state index is 0.955. The molecular weight excluding hydrogens is 268 g/mol. The summed E-state index contributed by atoms with van der Waals surface area (Å²) in [6, 6.07) is 0. The van der Waals surface area contributed by atoms with Gasteiger partial charge in [0.2, 0.25) is 0 Å². The van der Waals surface area contributed by atoms with E-state index < -0.39 is 0 Å². The summed E-state index contributed by atoms with van der Waals surface area (Å²) in [5.41, 5.74) is 0. The highest BCUT2D eigenvalue weighted by Gasteiger charge is 1.91. The third kappa shape index (κ3) is 28.2. The maximum absolute atomic E-state index is 5.31. The first-order valence-electron chi connectivity index (χ1n) is 10.4. The van der Waals surface area contributed by atoms with E-state index in [4.69, 9.17) is 4.74 Å². The molecule has 0 N–H and O–H groups in total. The molecule has 22 heavy (non-hydrogen) atoms. The normalized spacial score (nSPS) is 10.4. The van der Waals surface area contributed by atoms with Crippen molar-refractivity contribution in [1.29, 1.82) is 0 Å². The van der Waals surface area contributed by atoms with E-state index in [2.05, 4.69) is 27.7 Å². The Morgan fingerprint density at radius 1 is 0.364 bits per heavy atom. The Morgan fingerprint density at radius 3 is 0.909 bits per heavy atom. The fourth-order valence-corrected chi connectivity index (χ4v) is 2.33. The highest BCUT2D eigenvalue weighted by molar-refractivity contribution is 4.46. The van der Waals surface area contributed by atoms with Gasteiger partial charge < -0.3 is 4.74 Å². The highest BCUT2D eigenvalue weighted by Crippen LogP contribution is 2.10. The minimum Gasteiger partial charge on any atom is -0.381 e. The van der Waals surface area contributed by atoms with E-state index in [0.29, 0.717) is 0 Å². The van der Waals surface area contributed by atoms with Gasteiger partial charge in [-0.3, -0.25) is 0 Å². The van der Waals surface area contributed by atoms with Crippen LogP contribution in [0.2, 0.25) is 0 Å². The largest absolute Gasteiger partial charge is 0.381 e. The van der Waals surface area contributed by atoms with Gasteiger partial charge in [-0.25, -0.2) is 0 Å². The molecule has 0 rings (SSSR count). The Hall–Kier alpha value is -0.0400. The van der Waals surface area contributed by atoms with Crippen LogP contribution >= 0.6 is 0 Å². The van der Waals surface area contributed by atoms with Gasteiger partial charge in [-0.05, 0) is 12.8 Å². The molecule has 0 aromatic heterocycles. The van der Waals surface area contributed by atoms with Gasteiger partial charge >= 0.3 is 0 Å². The molecule has 1 heteroatoms. The van der Waals surface area contributed by atoms with Crippen LogP contribution in [0, 0.1) is 0 Å². The summed E-state index contributed by atoms with van der Waals surface area (Å²) in [4.78, 5) is 0. The monoisotopic (exact) mass is 314 g/mol. The van der Waals surface area contributed by atoms with Gasteiger partial charge in [0.25, 0.3) is 0 Å². The fraction of sp³-hybridized carbons (Fsp3) is 1.00. The zero-order valence-electron chi connectivity index (χ0n) is 16.4. The molecule has 0 unspecified atom stereocenters. The summed E-state index contributed by atoms with van der Waals surface area (Å²) >= 11 is 0. The Kier molecular flexibility index (Phi) is 28.5. The number of unbranched alkanes of at least 4 members (excludes halogenated alkanes) is 12. The summed E-state index contributed by atoms with van der Waals surface area (Å²) in [6.45, 7) is 10.8. The predicted octanol–water partition coefficient (Wildman–Crippen LogP) is 7.92. The van der Waals surface area contributed by atoms with Crippen LogP contribution in [-0.4, -0.2) is 13.2 Å². The quantitative estimate of drug-likeness (QED) is 0.263. The van der Waals surface area contributed by atoms with E-state index >= 15 is 0 Å². The summed E-state index contributed by atoms with van der Waals surface area (Å²) in [5, 5.41) is 0. The number of ether oxygens (including phenoxy) is 1. The summed E-state index contributed by atoms with van der Waals surface area (Å²) in [6.07, 6.45) is 20.8. The topological polar surface area (TPSA) is 9.23 Å². The zero-order valence-corrected chi connectivity index (χ0v) is 16.4. The average molecular weight is 315 g/mol. The second-order valence-corrected chi connectivity index (χ2v) is 6.50. The molecule has 0 aromatic rings. The molecule has 0 amide bonds. The van der Waals surface area contributed by atoms with Crippen molar-refractivity contribution in [3.05, 3.63) is 0 Å². The van der Waals surface area contributed by atoms with E-state index in [1.54, 1.807) is 0 Å². The maximum Gasteiger partial charge on any atom is 0.0465 e. The van der Waals surface area contributed by atoms with Crippen LogP contribution in [0.3, 0.4) is 0 Å². The van der Waals surface area contributed by atoms with Crippen LogP contribution in [-0.2, 0) is 4.74 Å². The van der Waals surface area contributed by atoms with Gasteiger partial charge in [-0.1, -0.05) is 111 Å². The molecule has 0 aliphatic rings. The van der Waals surface area contributed by atoms with Crippen molar-refractivity contribution < 1.29 is 4.74 Å². The summed E-state index contributed by atoms with van der Waals surface area (Å²) < 4.78 is 5.31. The van der Waals surface area contributed by atoms with Crippen molar-refractivity contribution in [1.82, 2.24) is 0 Å². The smallest absolute Gasteiger partial charge is 0.0465 e. The molecule has 136 valence electrons. The average Bonchev–Trinajstić information content (AvgIpc) is 2.54. The first-order valence-corrected chi connectivity index (χ1v) is 10.4. The van der Waals surface area contributed by atoms with Gasteiger partial charge in [-0.15, -0.1) is 0 Å². The zero-order chi connectivity index (χ0) is 16.7. The van der Waals surface area contributed by atoms with Gasteiger partial charge in [0.1, 0.15) is 0 Å². The molecule has 0 radical (unpaired) electrons. The van der Waals surface area contributed by atoms with Gasteiger partial charge in [0.15, 0.2) is 0 Å². The van der Waals surface area contributed by atoms with Crippen LogP contribution in [0.15, 0.2) is 0 Å². The van der Waals surface area contributed by atoms with E-state index in [1.807, 2.05) is 0 Å². The second kappa shape index (κ2) is 25.9. The van der Waals surface area contributed by atoms with Crippen molar-refractivity contribution in [3.8, 4) is 0 Å². The molecule has 0 saturated heterocycles. The van der Waals surface area contributed by atoms with Crippen LogP contribution in [0.1, 0.15) is 124 Å². The van der Waals surface area contributed by atoms with Gasteiger partial charge in [0.05, 0.1) is 0 Å². The van der Waals surface area contributed by atoms with Crippen molar-refractivity contribution in [2.45, 2.75) is 124 Å². The first-order chi connectivity index (χ1) is 10.8. The van der Waals surface area contributed by atoms with Crippen molar-refractivity contribution >= 4 is 0 Å². The lowest BCUT2D eigenvalue weighted by Crippen LogP contribution is -1.95. The predicted molar refractivity (Wildman–Crippen MR) is 103 cm³/mol. The third-order valence-electron chi connectivity index (χ3n) is 3.99. The summed E-state index contributed by atoms with van der Waals surface area (Å²) in [7, 11) is 0. The number of rotatable bonds is 16. The van der Waals surface area contributed by atoms with E-state index in [1.165, 1.54) is 96.3 Å². The molecule has 0 aliphatic carbocycles. The SMILES string of the molecule is CCCCCCCCCCCCC.CCCCOCCCC. The molecule has 0 heterocycles. The lowest BCUT2D eigenvalue weighted by atomic mass is 10.1. The maximum atomic E-state index is 5.31. The Labute approximate surface area is 142 Å². The second-order valence-electron chi connectivity index (χ2n) is 6.50. The van der Waals surface area contributed by atoms with E-state index in [9.17, 15) is 0 Å². The molecular formula is C21H46O. The van der Waals surface area contributed by atoms with Crippen molar-refractivity contribution in [3.63, 3.8) is 0 Å². The molecule has 0 bridgehead atoms. The van der Waals surface area contributed by atoms with E-state index in [-0.39, 0.29) is 0 Å². The minimum atomic E-state index is 0.955. The standard InChI is InChI=1S/C13H28.C8H18O/c1-3-5-7-9-11-13-12-10-8-6-4-2;1-3-5-7-9-8-6-4-2/h3-13H2,1-2H3;3-8H2,1-2H3. The lowest BCUT2D eigenvalue weighted by molar-refractivity contribution is 0.128. The lowest BCUT2D eigenvalue weighted by Gasteiger charge is -2.00. The number of hydrogen-bond acceptors (Lipinski definition) is 1. The Bertz CT molecular complexity index is 140. The van der Waals surface area contributed by atoms with Crippen molar-refractivity contribution in [2.75, 3.05) is 13.2 Å². The van der Waals surface area contributed by atoms with Crippen LogP contribution in [0.25, 0.3) is 0 Å². The van der Waals surface area contributed by atoms with Crippen LogP contribution < -0.4 is 0 Å².